The topological polar surface area (TPSA) is 98.0 Å². The van der Waals surface area contributed by atoms with E-state index in [1.54, 1.807) is 18.2 Å². The van der Waals surface area contributed by atoms with Gasteiger partial charge in [0.25, 0.3) is 5.69 Å². The number of aromatic nitrogens is 2. The van der Waals surface area contributed by atoms with E-state index >= 15 is 0 Å². The second-order valence-corrected chi connectivity index (χ2v) is 7.52. The highest BCUT2D eigenvalue weighted by Gasteiger charge is 2.08. The molecule has 3 aromatic rings. The van der Waals surface area contributed by atoms with Gasteiger partial charge in [0.05, 0.1) is 4.92 Å². The molecule has 0 saturated heterocycles. The lowest BCUT2D eigenvalue weighted by Gasteiger charge is -1.98. The van der Waals surface area contributed by atoms with Gasteiger partial charge in [0.1, 0.15) is 0 Å². The molecule has 7 nitrogen and oxygen atoms in total. The van der Waals surface area contributed by atoms with Gasteiger partial charge in [0, 0.05) is 24.0 Å². The smallest absolute Gasteiger partial charge is 0.269 e. The molecule has 1 amide bonds. The number of nitro groups is 1. The first-order valence-electron chi connectivity index (χ1n) is 7.84. The normalized spacial score (nSPS) is 10.8. The van der Waals surface area contributed by atoms with Crippen molar-refractivity contribution < 1.29 is 9.72 Å². The molecule has 1 N–H and O–H groups in total. The van der Waals surface area contributed by atoms with Gasteiger partial charge < -0.3 is 0 Å². The van der Waals surface area contributed by atoms with Crippen molar-refractivity contribution in [2.75, 3.05) is 5.32 Å². The predicted octanol–water partition coefficient (Wildman–Crippen LogP) is 4.39. The summed E-state index contributed by atoms with van der Waals surface area (Å²) in [7, 11) is 0. The van der Waals surface area contributed by atoms with Crippen LogP contribution in [0.4, 0.5) is 10.8 Å². The van der Waals surface area contributed by atoms with Crippen LogP contribution in [0.5, 0.6) is 0 Å². The molecule has 0 spiro atoms. The highest BCUT2D eigenvalue weighted by atomic mass is 32.2. The Morgan fingerprint density at radius 3 is 2.59 bits per heavy atom. The zero-order chi connectivity index (χ0) is 19.1. The van der Waals surface area contributed by atoms with E-state index in [1.165, 1.54) is 41.3 Å². The van der Waals surface area contributed by atoms with Crippen LogP contribution in [-0.2, 0) is 10.5 Å². The molecule has 1 aromatic heterocycles. The van der Waals surface area contributed by atoms with Gasteiger partial charge in [-0.25, -0.2) is 0 Å². The fourth-order valence-electron chi connectivity index (χ4n) is 2.06. The monoisotopic (exact) mass is 398 g/mol. The number of carbonyl (C=O) groups is 1. The number of carbonyl (C=O) groups excluding carboxylic acids is 1. The number of thioether (sulfide) groups is 1. The Hall–Kier alpha value is -3.04. The molecule has 2 aromatic carbocycles. The molecule has 0 aliphatic carbocycles. The number of nitro benzene ring substituents is 1. The summed E-state index contributed by atoms with van der Waals surface area (Å²) in [6.45, 7) is 0. The maximum Gasteiger partial charge on any atom is 0.269 e. The Morgan fingerprint density at radius 2 is 1.89 bits per heavy atom. The van der Waals surface area contributed by atoms with Crippen LogP contribution in [0, 0.1) is 10.1 Å². The van der Waals surface area contributed by atoms with Crippen LogP contribution in [0.15, 0.2) is 65.0 Å². The molecule has 1 heterocycles. The summed E-state index contributed by atoms with van der Waals surface area (Å²) in [6, 6.07) is 15.9. The summed E-state index contributed by atoms with van der Waals surface area (Å²) in [4.78, 5) is 22.2. The molecule has 136 valence electrons. The van der Waals surface area contributed by atoms with E-state index in [0.717, 1.165) is 11.1 Å². The summed E-state index contributed by atoms with van der Waals surface area (Å²) in [5.74, 6) is 0.330. The number of rotatable bonds is 7. The van der Waals surface area contributed by atoms with Gasteiger partial charge in [0.2, 0.25) is 11.0 Å². The maximum absolute atomic E-state index is 11.9. The van der Waals surface area contributed by atoms with Crippen LogP contribution in [0.25, 0.3) is 6.08 Å². The lowest BCUT2D eigenvalue weighted by molar-refractivity contribution is -0.384. The van der Waals surface area contributed by atoms with E-state index < -0.39 is 4.92 Å². The minimum absolute atomic E-state index is 0.0632. The lowest BCUT2D eigenvalue weighted by Crippen LogP contribution is -2.07. The van der Waals surface area contributed by atoms with Gasteiger partial charge >= 0.3 is 0 Å². The van der Waals surface area contributed by atoms with Crippen LogP contribution < -0.4 is 5.32 Å². The second kappa shape index (κ2) is 9.06. The number of nitrogens with one attached hydrogen (secondary N) is 1. The quantitative estimate of drug-likeness (QED) is 0.208. The van der Waals surface area contributed by atoms with Gasteiger partial charge in [0.15, 0.2) is 4.34 Å². The van der Waals surface area contributed by atoms with E-state index in [0.29, 0.717) is 15.2 Å². The van der Waals surface area contributed by atoms with Crippen LogP contribution in [-0.4, -0.2) is 21.0 Å². The highest BCUT2D eigenvalue weighted by molar-refractivity contribution is 8.00. The molecule has 3 rings (SSSR count). The third-order valence-corrected chi connectivity index (χ3v) is 5.42. The third kappa shape index (κ3) is 5.73. The molecule has 0 saturated carbocycles. The zero-order valence-electron chi connectivity index (χ0n) is 13.9. The average molecular weight is 398 g/mol. The lowest BCUT2D eigenvalue weighted by atomic mass is 10.2. The number of benzene rings is 2. The molecule has 0 unspecified atom stereocenters. The van der Waals surface area contributed by atoms with E-state index in [-0.39, 0.29) is 11.6 Å². The number of amides is 1. The van der Waals surface area contributed by atoms with Gasteiger partial charge in [-0.3, -0.25) is 20.2 Å². The van der Waals surface area contributed by atoms with E-state index in [1.807, 2.05) is 30.3 Å². The summed E-state index contributed by atoms with van der Waals surface area (Å²) in [5.41, 5.74) is 1.94. The first-order valence-corrected chi connectivity index (χ1v) is 9.64. The molecule has 0 radical (unpaired) electrons. The predicted molar refractivity (Wildman–Crippen MR) is 107 cm³/mol. The van der Waals surface area contributed by atoms with Crippen LogP contribution in [0.2, 0.25) is 0 Å². The van der Waals surface area contributed by atoms with E-state index in [9.17, 15) is 14.9 Å². The Balaban J connectivity index is 1.51. The molecule has 27 heavy (non-hydrogen) atoms. The van der Waals surface area contributed by atoms with Crippen molar-refractivity contribution in [1.82, 2.24) is 10.2 Å². The van der Waals surface area contributed by atoms with Gasteiger partial charge in [-0.15, -0.1) is 10.2 Å². The molecule has 0 bridgehead atoms. The summed E-state index contributed by atoms with van der Waals surface area (Å²) < 4.78 is 0.704. The fraction of sp³-hybridized carbons (Fsp3) is 0.0556. The number of anilines is 1. The van der Waals surface area contributed by atoms with Crippen molar-refractivity contribution in [1.29, 1.82) is 0 Å². The SMILES string of the molecule is O=C(/C=C/c1ccccc1)Nc1nnc(SCc2ccc([N+](=O)[O-])cc2)s1. The van der Waals surface area contributed by atoms with Crippen molar-refractivity contribution in [3.63, 3.8) is 0 Å². The third-order valence-electron chi connectivity index (χ3n) is 3.37. The van der Waals surface area contributed by atoms with E-state index in [2.05, 4.69) is 15.5 Å². The minimum atomic E-state index is -0.428. The molecular formula is C18H14N4O3S2. The number of non-ortho nitro benzene ring substituents is 1. The largest absolute Gasteiger partial charge is 0.297 e. The van der Waals surface area contributed by atoms with Crippen LogP contribution in [0.1, 0.15) is 11.1 Å². The van der Waals surface area contributed by atoms with Gasteiger partial charge in [-0.2, -0.15) is 0 Å². The van der Waals surface area contributed by atoms with Crippen LogP contribution in [0.3, 0.4) is 0 Å². The van der Waals surface area contributed by atoms with Gasteiger partial charge in [-0.05, 0) is 17.2 Å². The summed E-state index contributed by atoms with van der Waals surface area (Å²) in [6.07, 6.45) is 3.17. The van der Waals surface area contributed by atoms with E-state index in [4.69, 9.17) is 0 Å². The van der Waals surface area contributed by atoms with Crippen molar-refractivity contribution in [2.45, 2.75) is 10.1 Å². The molecular weight excluding hydrogens is 384 g/mol. The first-order chi connectivity index (χ1) is 13.1. The van der Waals surface area contributed by atoms with Gasteiger partial charge in [-0.1, -0.05) is 65.6 Å². The summed E-state index contributed by atoms with van der Waals surface area (Å²) >= 11 is 2.73. The Labute approximate surface area is 163 Å². The molecule has 9 heteroatoms. The molecule has 0 fully saturated rings. The van der Waals surface area contributed by atoms with Crippen molar-refractivity contribution in [3.05, 3.63) is 81.9 Å². The standard InChI is InChI=1S/C18H14N4O3S2/c23-16(11-8-13-4-2-1-3-5-13)19-17-20-21-18(27-17)26-12-14-6-9-15(10-7-14)22(24)25/h1-11H,12H2,(H,19,20,23)/b11-8+. The van der Waals surface area contributed by atoms with Crippen molar-refractivity contribution >= 4 is 45.9 Å². The molecule has 0 aliphatic rings. The van der Waals surface area contributed by atoms with Crippen LogP contribution >= 0.6 is 23.1 Å². The summed E-state index contributed by atoms with van der Waals surface area (Å²) in [5, 5.41) is 21.7. The first kappa shape index (κ1) is 18.7. The number of nitrogens with zero attached hydrogens (tertiary/aromatic N) is 3. The second-order valence-electron chi connectivity index (χ2n) is 5.32. The molecule has 0 atom stereocenters. The Kier molecular flexibility index (Phi) is 6.29. The van der Waals surface area contributed by atoms with Crippen molar-refractivity contribution in [2.24, 2.45) is 0 Å². The van der Waals surface area contributed by atoms with Crippen molar-refractivity contribution in [3.8, 4) is 0 Å². The Morgan fingerprint density at radius 1 is 1.15 bits per heavy atom. The highest BCUT2D eigenvalue weighted by Crippen LogP contribution is 2.28. The molecule has 0 aliphatic heterocycles. The number of hydrogen-bond donors (Lipinski definition) is 1. The minimum Gasteiger partial charge on any atom is -0.297 e. The zero-order valence-corrected chi connectivity index (χ0v) is 15.6. The average Bonchev–Trinajstić information content (AvgIpc) is 3.13. The number of hydrogen-bond acceptors (Lipinski definition) is 7. The maximum atomic E-state index is 11.9. The fourth-order valence-corrected chi connectivity index (χ4v) is 3.77. The Bertz CT molecular complexity index is 956.